The highest BCUT2D eigenvalue weighted by atomic mass is 19.3. The first-order valence-electron chi connectivity index (χ1n) is 7.77. The molecule has 0 bridgehead atoms. The molecule has 0 fully saturated rings. The average molecular weight is 379 g/mol. The molecule has 3 aromatic carbocycles. The number of hydrogen-bond acceptors (Lipinski definition) is 3. The number of carbonyl (C=O) groups is 1. The van der Waals surface area contributed by atoms with Crippen molar-refractivity contribution in [2.75, 3.05) is 5.32 Å². The van der Waals surface area contributed by atoms with Gasteiger partial charge in [-0.2, -0.15) is 17.6 Å². The van der Waals surface area contributed by atoms with Crippen molar-refractivity contribution in [1.82, 2.24) is 0 Å². The van der Waals surface area contributed by atoms with Crippen LogP contribution in [-0.4, -0.2) is 19.1 Å². The van der Waals surface area contributed by atoms with Gasteiger partial charge in [0.15, 0.2) is 0 Å². The van der Waals surface area contributed by atoms with E-state index in [4.69, 9.17) is 0 Å². The summed E-state index contributed by atoms with van der Waals surface area (Å²) < 4.78 is 58.6. The number of benzene rings is 3. The van der Waals surface area contributed by atoms with E-state index in [0.29, 0.717) is 16.5 Å². The molecule has 4 nitrogen and oxygen atoms in total. The lowest BCUT2D eigenvalue weighted by Gasteiger charge is -2.13. The Balaban J connectivity index is 1.93. The highest BCUT2D eigenvalue weighted by Crippen LogP contribution is 2.29. The topological polar surface area (TPSA) is 47.6 Å². The van der Waals surface area contributed by atoms with Gasteiger partial charge in [0.05, 0.1) is 5.56 Å². The van der Waals surface area contributed by atoms with Crippen molar-refractivity contribution >= 4 is 22.4 Å². The molecule has 1 N–H and O–H groups in total. The Morgan fingerprint density at radius 1 is 0.852 bits per heavy atom. The number of nitrogens with one attached hydrogen (secondary N) is 1. The molecule has 0 aliphatic heterocycles. The number of carbonyl (C=O) groups excluding carboxylic acids is 1. The fraction of sp³-hybridized carbons (Fsp3) is 0.105. The molecule has 0 heterocycles. The monoisotopic (exact) mass is 379 g/mol. The summed E-state index contributed by atoms with van der Waals surface area (Å²) in [6, 6.07) is 14.8. The number of halogens is 4. The Kier molecular flexibility index (Phi) is 5.44. The Bertz CT molecular complexity index is 963. The van der Waals surface area contributed by atoms with E-state index in [1.54, 1.807) is 24.3 Å². The summed E-state index contributed by atoms with van der Waals surface area (Å²) in [6.45, 7) is -6.06. The van der Waals surface area contributed by atoms with Crippen LogP contribution in [0, 0.1) is 0 Å². The summed E-state index contributed by atoms with van der Waals surface area (Å²) in [6.07, 6.45) is 0. The lowest BCUT2D eigenvalue weighted by molar-refractivity contribution is -0.0506. The van der Waals surface area contributed by atoms with Gasteiger partial charge in [0.1, 0.15) is 11.5 Å². The van der Waals surface area contributed by atoms with Gasteiger partial charge in [-0.3, -0.25) is 4.79 Å². The van der Waals surface area contributed by atoms with Crippen LogP contribution in [0.2, 0.25) is 0 Å². The third-order valence-corrected chi connectivity index (χ3v) is 3.67. The van der Waals surface area contributed by atoms with E-state index < -0.39 is 19.1 Å². The molecule has 0 saturated heterocycles. The normalized spacial score (nSPS) is 11.0. The van der Waals surface area contributed by atoms with Crippen LogP contribution in [-0.2, 0) is 0 Å². The molecule has 0 aliphatic carbocycles. The largest absolute Gasteiger partial charge is 0.435 e. The second-order valence-electron chi connectivity index (χ2n) is 5.40. The SMILES string of the molecule is O=C(Nc1cccc2ccc(OC(F)F)cc12)c1ccccc1OC(F)F. The molecule has 8 heteroatoms. The van der Waals surface area contributed by atoms with Crippen LogP contribution < -0.4 is 14.8 Å². The van der Waals surface area contributed by atoms with Crippen molar-refractivity contribution in [2.45, 2.75) is 13.2 Å². The van der Waals surface area contributed by atoms with Crippen molar-refractivity contribution in [3.8, 4) is 11.5 Å². The van der Waals surface area contributed by atoms with Gasteiger partial charge in [0.25, 0.3) is 5.91 Å². The zero-order chi connectivity index (χ0) is 19.4. The first kappa shape index (κ1) is 18.5. The molecule has 0 atom stereocenters. The number of ether oxygens (including phenoxy) is 2. The molecular formula is C19H13F4NO3. The predicted molar refractivity (Wildman–Crippen MR) is 91.6 cm³/mol. The van der Waals surface area contributed by atoms with Crippen LogP contribution in [0.3, 0.4) is 0 Å². The Hall–Kier alpha value is -3.29. The zero-order valence-electron chi connectivity index (χ0n) is 13.7. The number of amides is 1. The van der Waals surface area contributed by atoms with Crippen LogP contribution in [0.4, 0.5) is 23.2 Å². The maximum atomic E-state index is 12.5. The van der Waals surface area contributed by atoms with E-state index in [0.717, 1.165) is 0 Å². The number of fused-ring (bicyclic) bond motifs is 1. The van der Waals surface area contributed by atoms with E-state index in [1.807, 2.05) is 0 Å². The standard InChI is InChI=1S/C19H13F4NO3/c20-18(21)26-12-9-8-11-4-3-6-15(14(11)10-12)24-17(25)13-5-1-2-7-16(13)27-19(22)23/h1-10,18-19H,(H,24,25). The molecule has 3 aromatic rings. The van der Waals surface area contributed by atoms with Gasteiger partial charge in [-0.15, -0.1) is 0 Å². The first-order chi connectivity index (χ1) is 12.9. The first-order valence-corrected chi connectivity index (χ1v) is 7.77. The van der Waals surface area contributed by atoms with Crippen LogP contribution in [0.15, 0.2) is 60.7 Å². The molecule has 0 spiro atoms. The summed E-state index contributed by atoms with van der Waals surface area (Å²) in [5, 5.41) is 3.72. The van der Waals surface area contributed by atoms with Crippen LogP contribution in [0.25, 0.3) is 10.8 Å². The number of para-hydroxylation sites is 1. The summed E-state index contributed by atoms with van der Waals surface area (Å²) in [7, 11) is 0. The van der Waals surface area contributed by atoms with Crippen molar-refractivity contribution in [2.24, 2.45) is 0 Å². The average Bonchev–Trinajstić information content (AvgIpc) is 2.61. The van der Waals surface area contributed by atoms with Gasteiger partial charge in [0, 0.05) is 11.1 Å². The molecule has 1 amide bonds. The molecule has 3 rings (SSSR count). The Labute approximate surface area is 151 Å². The van der Waals surface area contributed by atoms with E-state index in [2.05, 4.69) is 14.8 Å². The summed E-state index contributed by atoms with van der Waals surface area (Å²) >= 11 is 0. The number of hydrogen-bond donors (Lipinski definition) is 1. The fourth-order valence-corrected chi connectivity index (χ4v) is 2.58. The number of rotatable bonds is 6. The van der Waals surface area contributed by atoms with Crippen LogP contribution in [0.1, 0.15) is 10.4 Å². The highest BCUT2D eigenvalue weighted by molar-refractivity contribution is 6.10. The molecule has 140 valence electrons. The van der Waals surface area contributed by atoms with E-state index >= 15 is 0 Å². The minimum Gasteiger partial charge on any atom is -0.435 e. The van der Waals surface area contributed by atoms with Crippen molar-refractivity contribution in [1.29, 1.82) is 0 Å². The molecular weight excluding hydrogens is 366 g/mol. The minimum absolute atomic E-state index is 0.0689. The van der Waals surface area contributed by atoms with E-state index in [1.165, 1.54) is 36.4 Å². The molecule has 27 heavy (non-hydrogen) atoms. The maximum absolute atomic E-state index is 12.5. The van der Waals surface area contributed by atoms with Gasteiger partial charge in [-0.25, -0.2) is 0 Å². The third-order valence-electron chi connectivity index (χ3n) is 3.67. The van der Waals surface area contributed by atoms with Crippen molar-refractivity contribution < 1.29 is 31.8 Å². The number of anilines is 1. The van der Waals surface area contributed by atoms with Gasteiger partial charge >= 0.3 is 13.2 Å². The van der Waals surface area contributed by atoms with E-state index in [9.17, 15) is 22.4 Å². The summed E-state index contributed by atoms with van der Waals surface area (Å²) in [5.74, 6) is -1.02. The molecule has 0 radical (unpaired) electrons. The molecule has 0 saturated carbocycles. The Morgan fingerprint density at radius 3 is 2.33 bits per heavy atom. The van der Waals surface area contributed by atoms with Gasteiger partial charge < -0.3 is 14.8 Å². The lowest BCUT2D eigenvalue weighted by atomic mass is 10.1. The van der Waals surface area contributed by atoms with E-state index in [-0.39, 0.29) is 17.1 Å². The maximum Gasteiger partial charge on any atom is 0.387 e. The second-order valence-corrected chi connectivity index (χ2v) is 5.40. The summed E-state index contributed by atoms with van der Waals surface area (Å²) in [4.78, 5) is 12.5. The van der Waals surface area contributed by atoms with Gasteiger partial charge in [0.2, 0.25) is 0 Å². The zero-order valence-corrected chi connectivity index (χ0v) is 13.7. The fourth-order valence-electron chi connectivity index (χ4n) is 2.58. The molecule has 0 aliphatic rings. The lowest BCUT2D eigenvalue weighted by Crippen LogP contribution is -2.15. The van der Waals surface area contributed by atoms with Crippen molar-refractivity contribution in [3.63, 3.8) is 0 Å². The highest BCUT2D eigenvalue weighted by Gasteiger charge is 2.16. The van der Waals surface area contributed by atoms with Crippen LogP contribution in [0.5, 0.6) is 11.5 Å². The predicted octanol–water partition coefficient (Wildman–Crippen LogP) is 5.29. The number of alkyl halides is 4. The second kappa shape index (κ2) is 7.94. The molecule has 0 unspecified atom stereocenters. The minimum atomic E-state index is -3.08. The molecule has 0 aromatic heterocycles. The van der Waals surface area contributed by atoms with Crippen molar-refractivity contribution in [3.05, 3.63) is 66.2 Å². The Morgan fingerprint density at radius 2 is 1.59 bits per heavy atom. The van der Waals surface area contributed by atoms with Gasteiger partial charge in [-0.05, 0) is 35.7 Å². The van der Waals surface area contributed by atoms with Gasteiger partial charge in [-0.1, -0.05) is 30.3 Å². The van der Waals surface area contributed by atoms with Crippen LogP contribution >= 0.6 is 0 Å². The smallest absolute Gasteiger partial charge is 0.387 e. The summed E-state index contributed by atoms with van der Waals surface area (Å²) in [5.41, 5.74) is 0.221. The quantitative estimate of drug-likeness (QED) is 0.592. The third kappa shape index (κ3) is 4.46.